The minimum atomic E-state index is -4.63. The maximum absolute atomic E-state index is 13.7. The third kappa shape index (κ3) is 4.41. The predicted molar refractivity (Wildman–Crippen MR) is 132 cm³/mol. The molecule has 7 nitrogen and oxygen atoms in total. The molecular formula is C26H28F3N6O+. The highest BCUT2D eigenvalue weighted by Crippen LogP contribution is 2.44. The fourth-order valence-corrected chi connectivity index (χ4v) is 4.84. The topological polar surface area (TPSA) is 62.2 Å². The standard InChI is InChI=1S/C26H28F3N6O/c1-18(2)19-3-4-23(22(15-19)33-9-11-34(12-10-33)24-17-31-7-8-32-24)35(13-14-35)25(36)20-16-30-6-5-21(20)26(27,28)29/h3-8,15-18H,9-14H2,1-2H3/q+1. The number of pyridine rings is 1. The van der Waals surface area contributed by atoms with Crippen LogP contribution in [0.4, 0.5) is 30.4 Å². The Morgan fingerprint density at radius 2 is 1.64 bits per heavy atom. The minimum Gasteiger partial charge on any atom is -0.363 e. The van der Waals surface area contributed by atoms with Crippen LogP contribution in [0.25, 0.3) is 0 Å². The minimum absolute atomic E-state index is 0.132. The monoisotopic (exact) mass is 497 g/mol. The number of nitrogens with zero attached hydrogens (tertiary/aromatic N) is 6. The van der Waals surface area contributed by atoms with Gasteiger partial charge in [0, 0.05) is 57.0 Å². The van der Waals surface area contributed by atoms with Crippen LogP contribution in [0.1, 0.15) is 41.3 Å². The first-order valence-corrected chi connectivity index (χ1v) is 12.0. The zero-order chi connectivity index (χ0) is 25.5. The lowest BCUT2D eigenvalue weighted by atomic mass is 10.0. The van der Waals surface area contributed by atoms with Crippen molar-refractivity contribution in [3.8, 4) is 0 Å². The van der Waals surface area contributed by atoms with E-state index in [9.17, 15) is 18.0 Å². The number of alkyl halides is 3. The van der Waals surface area contributed by atoms with Crippen LogP contribution in [0.5, 0.6) is 0 Å². The number of benzene rings is 1. The number of halogens is 3. The molecule has 0 atom stereocenters. The smallest absolute Gasteiger partial charge is 0.363 e. The number of rotatable bonds is 5. The van der Waals surface area contributed by atoms with E-state index >= 15 is 0 Å². The van der Waals surface area contributed by atoms with Crippen LogP contribution in [0.2, 0.25) is 0 Å². The zero-order valence-electron chi connectivity index (χ0n) is 20.2. The van der Waals surface area contributed by atoms with Crippen molar-refractivity contribution in [3.63, 3.8) is 0 Å². The van der Waals surface area contributed by atoms with Crippen LogP contribution >= 0.6 is 0 Å². The molecule has 36 heavy (non-hydrogen) atoms. The number of quaternary nitrogens is 1. The van der Waals surface area contributed by atoms with Crippen LogP contribution < -0.4 is 14.3 Å². The number of carbonyl (C=O) groups excluding carboxylic acids is 1. The Hall–Kier alpha value is -3.53. The van der Waals surface area contributed by atoms with Crippen molar-refractivity contribution < 1.29 is 18.0 Å². The molecule has 5 rings (SSSR count). The molecule has 0 unspecified atom stereocenters. The lowest BCUT2D eigenvalue weighted by Gasteiger charge is -2.37. The third-order valence-electron chi connectivity index (χ3n) is 7.04. The van der Waals surface area contributed by atoms with Crippen LogP contribution in [-0.2, 0) is 6.18 Å². The van der Waals surface area contributed by atoms with E-state index in [1.165, 1.54) is 0 Å². The summed E-state index contributed by atoms with van der Waals surface area (Å²) < 4.78 is 41.0. The van der Waals surface area contributed by atoms with Crippen molar-refractivity contribution >= 4 is 23.1 Å². The van der Waals surface area contributed by atoms with E-state index in [0.717, 1.165) is 54.3 Å². The molecule has 0 N–H and O–H groups in total. The summed E-state index contributed by atoms with van der Waals surface area (Å²) in [6, 6.07) is 6.88. The molecule has 2 fully saturated rings. The molecule has 0 aliphatic carbocycles. The molecular weight excluding hydrogens is 469 g/mol. The summed E-state index contributed by atoms with van der Waals surface area (Å²) in [5.74, 6) is 0.522. The Morgan fingerprint density at radius 3 is 2.25 bits per heavy atom. The average Bonchev–Trinajstić information content (AvgIpc) is 3.70. The van der Waals surface area contributed by atoms with Crippen LogP contribution in [0, 0.1) is 0 Å². The molecule has 10 heteroatoms. The fraction of sp³-hybridized carbons (Fsp3) is 0.385. The summed E-state index contributed by atoms with van der Waals surface area (Å²) >= 11 is 0. The second kappa shape index (κ2) is 9.16. The molecule has 0 spiro atoms. The molecule has 2 aliphatic heterocycles. The molecule has 3 aromatic rings. The van der Waals surface area contributed by atoms with Gasteiger partial charge in [0.05, 0.1) is 17.4 Å². The summed E-state index contributed by atoms with van der Waals surface area (Å²) in [4.78, 5) is 30.5. The highest BCUT2D eigenvalue weighted by atomic mass is 19.4. The van der Waals surface area contributed by atoms with Gasteiger partial charge in [0.2, 0.25) is 0 Å². The van der Waals surface area contributed by atoms with Crippen molar-refractivity contribution in [2.45, 2.75) is 25.9 Å². The summed E-state index contributed by atoms with van der Waals surface area (Å²) in [6.45, 7) is 7.95. The molecule has 188 valence electrons. The van der Waals surface area contributed by atoms with E-state index in [1.807, 2.05) is 12.1 Å². The quantitative estimate of drug-likeness (QED) is 0.382. The Morgan fingerprint density at radius 1 is 0.944 bits per heavy atom. The van der Waals surface area contributed by atoms with Gasteiger partial charge in [-0.15, -0.1) is 0 Å². The van der Waals surface area contributed by atoms with Crippen molar-refractivity contribution in [1.82, 2.24) is 19.4 Å². The van der Waals surface area contributed by atoms with Crippen molar-refractivity contribution in [1.29, 1.82) is 0 Å². The van der Waals surface area contributed by atoms with Crippen molar-refractivity contribution in [3.05, 3.63) is 71.9 Å². The normalized spacial score (nSPS) is 17.4. The van der Waals surface area contributed by atoms with Gasteiger partial charge in [-0.25, -0.2) is 14.3 Å². The molecule has 2 aromatic heterocycles. The molecule has 2 saturated heterocycles. The summed E-state index contributed by atoms with van der Waals surface area (Å²) in [7, 11) is 0. The number of hydrogen-bond acceptors (Lipinski definition) is 6. The Bertz CT molecular complexity index is 1250. The molecule has 0 bridgehead atoms. The van der Waals surface area contributed by atoms with Crippen LogP contribution in [0.15, 0.2) is 55.2 Å². The summed E-state index contributed by atoms with van der Waals surface area (Å²) in [5.41, 5.74) is 1.45. The fourth-order valence-electron chi connectivity index (χ4n) is 4.84. The highest BCUT2D eigenvalue weighted by Gasteiger charge is 2.56. The third-order valence-corrected chi connectivity index (χ3v) is 7.04. The maximum atomic E-state index is 13.7. The van der Waals surface area contributed by atoms with Gasteiger partial charge in [0.25, 0.3) is 0 Å². The maximum Gasteiger partial charge on any atom is 0.417 e. The van der Waals surface area contributed by atoms with E-state index in [1.54, 1.807) is 18.6 Å². The van der Waals surface area contributed by atoms with Crippen LogP contribution in [-0.4, -0.2) is 60.1 Å². The van der Waals surface area contributed by atoms with Gasteiger partial charge < -0.3 is 9.80 Å². The lowest BCUT2D eigenvalue weighted by molar-refractivity contribution is -0.138. The van der Waals surface area contributed by atoms with Gasteiger partial charge in [0.15, 0.2) is 5.69 Å². The first-order chi connectivity index (χ1) is 17.2. The number of aromatic nitrogens is 3. The van der Waals surface area contributed by atoms with Gasteiger partial charge in [-0.2, -0.15) is 13.2 Å². The van der Waals surface area contributed by atoms with Crippen molar-refractivity contribution in [2.75, 3.05) is 49.1 Å². The first kappa shape index (κ1) is 24.2. The number of hydrogen-bond donors (Lipinski definition) is 0. The Labute approximate surface area is 207 Å². The van der Waals surface area contributed by atoms with Gasteiger partial charge >= 0.3 is 12.1 Å². The van der Waals surface area contributed by atoms with Crippen LogP contribution in [0.3, 0.4) is 0 Å². The summed E-state index contributed by atoms with van der Waals surface area (Å²) in [6.07, 6.45) is 2.53. The lowest BCUT2D eigenvalue weighted by Crippen LogP contribution is -2.48. The SMILES string of the molecule is CC(C)c1ccc([N+]2(C(=O)c3cnccc3C(F)(F)F)CC2)c(N2CCN(c3cnccn3)CC2)c1. The molecule has 1 aromatic carbocycles. The van der Waals surface area contributed by atoms with Crippen molar-refractivity contribution in [2.24, 2.45) is 0 Å². The zero-order valence-corrected chi connectivity index (χ0v) is 20.2. The highest BCUT2D eigenvalue weighted by molar-refractivity contribution is 6.07. The summed E-state index contributed by atoms with van der Waals surface area (Å²) in [5, 5.41) is 0. The van der Waals surface area contributed by atoms with Gasteiger partial charge in [0.1, 0.15) is 24.5 Å². The molecule has 0 saturated carbocycles. The van der Waals surface area contributed by atoms with Gasteiger partial charge in [-0.1, -0.05) is 19.9 Å². The van der Waals surface area contributed by atoms with E-state index in [4.69, 9.17) is 0 Å². The average molecular weight is 498 g/mol. The predicted octanol–water partition coefficient (Wildman–Crippen LogP) is 4.50. The van der Waals surface area contributed by atoms with Gasteiger partial charge in [-0.05, 0) is 23.6 Å². The molecule has 4 heterocycles. The second-order valence-electron chi connectivity index (χ2n) is 9.58. The van der Waals surface area contributed by atoms with E-state index in [0.29, 0.717) is 26.2 Å². The first-order valence-electron chi connectivity index (χ1n) is 12.0. The van der Waals surface area contributed by atoms with E-state index in [2.05, 4.69) is 44.7 Å². The van der Waals surface area contributed by atoms with Gasteiger partial charge in [-0.3, -0.25) is 9.97 Å². The Kier molecular flexibility index (Phi) is 6.15. The van der Waals surface area contributed by atoms with E-state index < -0.39 is 17.6 Å². The molecule has 0 radical (unpaired) electrons. The second-order valence-corrected chi connectivity index (χ2v) is 9.58. The largest absolute Gasteiger partial charge is 0.417 e. The Balaban J connectivity index is 1.49. The molecule has 1 amide bonds. The number of anilines is 2. The molecule has 2 aliphatic rings. The number of amides is 1. The number of piperazine rings is 1. The van der Waals surface area contributed by atoms with E-state index in [-0.39, 0.29) is 16.0 Å². The number of carbonyl (C=O) groups is 1.